The van der Waals surface area contributed by atoms with Crippen molar-refractivity contribution in [2.75, 3.05) is 19.8 Å². The molecule has 6 heteroatoms. The van der Waals surface area contributed by atoms with E-state index in [9.17, 15) is 9.59 Å². The predicted molar refractivity (Wildman–Crippen MR) is 57.4 cm³/mol. The molecule has 0 saturated carbocycles. The normalized spacial score (nSPS) is 37.0. The van der Waals surface area contributed by atoms with Gasteiger partial charge in [0.1, 0.15) is 5.92 Å². The SMILES string of the molecule is CC1CC(C(=O)NC2COCC2C(=O)O)CO1. The molecule has 17 heavy (non-hydrogen) atoms. The Labute approximate surface area is 99.3 Å². The van der Waals surface area contributed by atoms with Crippen molar-refractivity contribution >= 4 is 11.9 Å². The fourth-order valence-corrected chi connectivity index (χ4v) is 2.24. The molecule has 1 amide bonds. The highest BCUT2D eigenvalue weighted by molar-refractivity contribution is 5.80. The summed E-state index contributed by atoms with van der Waals surface area (Å²) < 4.78 is 10.4. The van der Waals surface area contributed by atoms with E-state index in [-0.39, 0.29) is 31.1 Å². The molecule has 4 unspecified atom stereocenters. The Morgan fingerprint density at radius 3 is 2.65 bits per heavy atom. The Kier molecular flexibility index (Phi) is 3.63. The first kappa shape index (κ1) is 12.3. The van der Waals surface area contributed by atoms with Crippen molar-refractivity contribution in [2.45, 2.75) is 25.5 Å². The minimum atomic E-state index is -0.927. The number of carboxylic acids is 1. The van der Waals surface area contributed by atoms with Gasteiger partial charge in [-0.25, -0.2) is 0 Å². The van der Waals surface area contributed by atoms with Gasteiger partial charge in [-0.1, -0.05) is 0 Å². The van der Waals surface area contributed by atoms with Crippen LogP contribution in [0.3, 0.4) is 0 Å². The van der Waals surface area contributed by atoms with Crippen LogP contribution in [0, 0.1) is 11.8 Å². The third-order valence-electron chi connectivity index (χ3n) is 3.29. The van der Waals surface area contributed by atoms with Crippen LogP contribution in [0.2, 0.25) is 0 Å². The first-order valence-electron chi connectivity index (χ1n) is 5.80. The number of carbonyl (C=O) groups is 2. The third kappa shape index (κ3) is 2.76. The molecule has 2 aliphatic rings. The highest BCUT2D eigenvalue weighted by Crippen LogP contribution is 2.21. The van der Waals surface area contributed by atoms with E-state index in [0.29, 0.717) is 13.0 Å². The molecule has 0 bridgehead atoms. The lowest BCUT2D eigenvalue weighted by Crippen LogP contribution is -2.45. The van der Waals surface area contributed by atoms with Gasteiger partial charge in [0.15, 0.2) is 0 Å². The molecule has 2 saturated heterocycles. The minimum absolute atomic E-state index is 0.0980. The van der Waals surface area contributed by atoms with Crippen molar-refractivity contribution in [2.24, 2.45) is 11.8 Å². The van der Waals surface area contributed by atoms with E-state index < -0.39 is 17.9 Å². The average molecular weight is 243 g/mol. The van der Waals surface area contributed by atoms with Crippen LogP contribution < -0.4 is 5.32 Å². The molecule has 2 heterocycles. The summed E-state index contributed by atoms with van der Waals surface area (Å²) in [5.41, 5.74) is 0. The van der Waals surface area contributed by atoms with Crippen molar-refractivity contribution in [1.29, 1.82) is 0 Å². The van der Waals surface area contributed by atoms with Gasteiger partial charge in [-0.05, 0) is 13.3 Å². The molecule has 0 aromatic carbocycles. The molecule has 2 aliphatic heterocycles. The van der Waals surface area contributed by atoms with Gasteiger partial charge in [-0.3, -0.25) is 9.59 Å². The zero-order valence-electron chi connectivity index (χ0n) is 9.72. The number of carbonyl (C=O) groups excluding carboxylic acids is 1. The number of amides is 1. The number of ether oxygens (including phenoxy) is 2. The maximum atomic E-state index is 11.9. The second-order valence-electron chi connectivity index (χ2n) is 4.67. The molecule has 0 spiro atoms. The van der Waals surface area contributed by atoms with Gasteiger partial charge < -0.3 is 19.9 Å². The van der Waals surface area contributed by atoms with E-state index in [0.717, 1.165) is 0 Å². The fourth-order valence-electron chi connectivity index (χ4n) is 2.24. The van der Waals surface area contributed by atoms with Crippen LogP contribution in [0.4, 0.5) is 0 Å². The van der Waals surface area contributed by atoms with Gasteiger partial charge in [0.05, 0.1) is 37.9 Å². The Morgan fingerprint density at radius 1 is 1.29 bits per heavy atom. The molecule has 2 rings (SSSR count). The number of rotatable bonds is 3. The lowest BCUT2D eigenvalue weighted by Gasteiger charge is -2.17. The van der Waals surface area contributed by atoms with E-state index in [1.165, 1.54) is 0 Å². The largest absolute Gasteiger partial charge is 0.481 e. The summed E-state index contributed by atoms with van der Waals surface area (Å²) in [5.74, 6) is -1.86. The summed E-state index contributed by atoms with van der Waals surface area (Å²) in [4.78, 5) is 22.8. The van der Waals surface area contributed by atoms with Gasteiger partial charge in [0.2, 0.25) is 5.91 Å². The fraction of sp³-hybridized carbons (Fsp3) is 0.818. The Bertz CT molecular complexity index is 319. The smallest absolute Gasteiger partial charge is 0.311 e. The number of aliphatic carboxylic acids is 1. The molecule has 6 nitrogen and oxygen atoms in total. The molecule has 2 N–H and O–H groups in total. The van der Waals surface area contributed by atoms with Gasteiger partial charge in [0.25, 0.3) is 0 Å². The highest BCUT2D eigenvalue weighted by Gasteiger charge is 2.37. The zero-order valence-corrected chi connectivity index (χ0v) is 9.72. The van der Waals surface area contributed by atoms with E-state index in [1.54, 1.807) is 0 Å². The molecule has 0 aromatic rings. The highest BCUT2D eigenvalue weighted by atomic mass is 16.5. The number of hydrogen-bond donors (Lipinski definition) is 2. The third-order valence-corrected chi connectivity index (χ3v) is 3.29. The molecular formula is C11H17NO5. The van der Waals surface area contributed by atoms with Crippen LogP contribution in [0.15, 0.2) is 0 Å². The molecule has 0 aliphatic carbocycles. The van der Waals surface area contributed by atoms with Crippen LogP contribution in [0.5, 0.6) is 0 Å². The number of carboxylic acid groups (broad SMARTS) is 1. The van der Waals surface area contributed by atoms with Gasteiger partial charge in [-0.15, -0.1) is 0 Å². The molecule has 4 atom stereocenters. The molecule has 96 valence electrons. The summed E-state index contributed by atoms with van der Waals surface area (Å²) in [5, 5.41) is 11.7. The minimum Gasteiger partial charge on any atom is -0.481 e. The van der Waals surface area contributed by atoms with Crippen molar-refractivity contribution in [1.82, 2.24) is 5.32 Å². The first-order chi connectivity index (χ1) is 8.08. The summed E-state index contributed by atoms with van der Waals surface area (Å²) in [6, 6.07) is -0.420. The second-order valence-corrected chi connectivity index (χ2v) is 4.67. The summed E-state index contributed by atoms with van der Waals surface area (Å²) in [7, 11) is 0. The summed E-state index contributed by atoms with van der Waals surface area (Å²) in [6.07, 6.45) is 0.790. The predicted octanol–water partition coefficient (Wildman–Crippen LogP) is -0.373. The maximum Gasteiger partial charge on any atom is 0.311 e. The zero-order chi connectivity index (χ0) is 12.4. The van der Waals surface area contributed by atoms with Crippen LogP contribution in [0.25, 0.3) is 0 Å². The van der Waals surface area contributed by atoms with Gasteiger partial charge in [0, 0.05) is 0 Å². The standard InChI is InChI=1S/C11H17NO5/c1-6-2-7(3-17-6)10(13)12-9-5-16-4-8(9)11(14)15/h6-9H,2-5H2,1H3,(H,12,13)(H,14,15). The van der Waals surface area contributed by atoms with Crippen LogP contribution in [-0.2, 0) is 19.1 Å². The topological polar surface area (TPSA) is 84.9 Å². The molecular weight excluding hydrogens is 226 g/mol. The van der Waals surface area contributed by atoms with Gasteiger partial charge in [-0.2, -0.15) is 0 Å². The van der Waals surface area contributed by atoms with E-state index >= 15 is 0 Å². The van der Waals surface area contributed by atoms with Crippen molar-refractivity contribution in [3.63, 3.8) is 0 Å². The van der Waals surface area contributed by atoms with E-state index in [2.05, 4.69) is 5.32 Å². The lowest BCUT2D eigenvalue weighted by molar-refractivity contribution is -0.142. The van der Waals surface area contributed by atoms with E-state index in [4.69, 9.17) is 14.6 Å². The molecule has 0 radical (unpaired) electrons. The average Bonchev–Trinajstić information content (AvgIpc) is 2.86. The first-order valence-corrected chi connectivity index (χ1v) is 5.80. The summed E-state index contributed by atoms with van der Waals surface area (Å²) >= 11 is 0. The van der Waals surface area contributed by atoms with E-state index in [1.807, 2.05) is 6.92 Å². The van der Waals surface area contributed by atoms with Crippen molar-refractivity contribution in [3.8, 4) is 0 Å². The summed E-state index contributed by atoms with van der Waals surface area (Å²) in [6.45, 7) is 2.77. The molecule has 2 fully saturated rings. The van der Waals surface area contributed by atoms with Crippen LogP contribution in [-0.4, -0.2) is 48.9 Å². The quantitative estimate of drug-likeness (QED) is 0.706. The second kappa shape index (κ2) is 5.01. The lowest BCUT2D eigenvalue weighted by atomic mass is 10.0. The number of hydrogen-bond acceptors (Lipinski definition) is 4. The maximum absolute atomic E-state index is 11.9. The van der Waals surface area contributed by atoms with Crippen molar-refractivity contribution < 1.29 is 24.2 Å². The monoisotopic (exact) mass is 243 g/mol. The Hall–Kier alpha value is -1.14. The Balaban J connectivity index is 1.88. The van der Waals surface area contributed by atoms with Crippen LogP contribution in [0.1, 0.15) is 13.3 Å². The number of nitrogens with one attached hydrogen (secondary N) is 1. The Morgan fingerprint density at radius 2 is 2.06 bits per heavy atom. The molecule has 0 aromatic heterocycles. The van der Waals surface area contributed by atoms with Gasteiger partial charge >= 0.3 is 5.97 Å². The van der Waals surface area contributed by atoms with Crippen LogP contribution >= 0.6 is 0 Å². The van der Waals surface area contributed by atoms with Crippen molar-refractivity contribution in [3.05, 3.63) is 0 Å².